The van der Waals surface area contributed by atoms with E-state index < -0.39 is 6.10 Å². The smallest absolute Gasteiger partial charge is 0.253 e. The highest BCUT2D eigenvalue weighted by Crippen LogP contribution is 2.15. The zero-order chi connectivity index (χ0) is 14.4. The van der Waals surface area contributed by atoms with E-state index in [-0.39, 0.29) is 12.5 Å². The van der Waals surface area contributed by atoms with Gasteiger partial charge >= 0.3 is 0 Å². The topological polar surface area (TPSA) is 71.5 Å². The number of aliphatic hydroxyl groups is 1. The molecule has 1 unspecified atom stereocenters. The minimum atomic E-state index is -0.564. The lowest BCUT2D eigenvalue weighted by atomic mass is 10.1. The van der Waals surface area contributed by atoms with Gasteiger partial charge in [-0.15, -0.1) is 0 Å². The van der Waals surface area contributed by atoms with Crippen LogP contribution in [0.2, 0.25) is 0 Å². The fourth-order valence-electron chi connectivity index (χ4n) is 2.01. The Morgan fingerprint density at radius 3 is 3.00 bits per heavy atom. The fraction of sp³-hybridized carbons (Fsp3) is 0.333. The summed E-state index contributed by atoms with van der Waals surface area (Å²) in [7, 11) is 1.53. The molecule has 2 rings (SSSR count). The van der Waals surface area contributed by atoms with Crippen LogP contribution in [0.4, 0.5) is 0 Å². The molecule has 106 valence electrons. The number of fused-ring (bicyclic) bond motifs is 1. The van der Waals surface area contributed by atoms with Crippen molar-refractivity contribution in [2.75, 3.05) is 20.3 Å². The number of methoxy groups -OCH3 is 1. The van der Waals surface area contributed by atoms with Crippen LogP contribution >= 0.6 is 0 Å². The van der Waals surface area contributed by atoms with Crippen LogP contribution in [-0.2, 0) is 4.74 Å². The number of carbonyl (C=O) groups is 1. The molecule has 0 aliphatic carbocycles. The molecule has 2 aromatic rings. The SMILES string of the molecule is COCC(O)CCNC(=O)c1cccc2cccnc12. The van der Waals surface area contributed by atoms with Crippen LogP contribution in [0.3, 0.4) is 0 Å². The Labute approximate surface area is 117 Å². The first-order valence-electron chi connectivity index (χ1n) is 6.51. The van der Waals surface area contributed by atoms with Crippen molar-refractivity contribution in [3.63, 3.8) is 0 Å². The molecular weight excluding hydrogens is 256 g/mol. The van der Waals surface area contributed by atoms with Gasteiger partial charge in [-0.05, 0) is 18.6 Å². The summed E-state index contributed by atoms with van der Waals surface area (Å²) in [5, 5.41) is 13.2. The third-order valence-corrected chi connectivity index (χ3v) is 3.00. The van der Waals surface area contributed by atoms with Gasteiger partial charge < -0.3 is 15.2 Å². The van der Waals surface area contributed by atoms with E-state index in [0.29, 0.717) is 24.0 Å². The van der Waals surface area contributed by atoms with Crippen molar-refractivity contribution < 1.29 is 14.6 Å². The van der Waals surface area contributed by atoms with E-state index in [1.807, 2.05) is 24.3 Å². The molecule has 5 nitrogen and oxygen atoms in total. The second-order valence-electron chi connectivity index (χ2n) is 4.53. The Morgan fingerprint density at radius 2 is 2.20 bits per heavy atom. The van der Waals surface area contributed by atoms with Crippen LogP contribution in [0.25, 0.3) is 10.9 Å². The second kappa shape index (κ2) is 6.98. The van der Waals surface area contributed by atoms with Crippen LogP contribution in [0.5, 0.6) is 0 Å². The van der Waals surface area contributed by atoms with Crippen molar-refractivity contribution in [3.05, 3.63) is 42.1 Å². The van der Waals surface area contributed by atoms with E-state index in [9.17, 15) is 9.90 Å². The highest BCUT2D eigenvalue weighted by atomic mass is 16.5. The van der Waals surface area contributed by atoms with E-state index in [2.05, 4.69) is 10.3 Å². The van der Waals surface area contributed by atoms with Crippen molar-refractivity contribution in [1.29, 1.82) is 0 Å². The molecule has 1 aromatic heterocycles. The first kappa shape index (κ1) is 14.4. The van der Waals surface area contributed by atoms with Gasteiger partial charge in [0.15, 0.2) is 0 Å². The van der Waals surface area contributed by atoms with Crippen molar-refractivity contribution in [2.45, 2.75) is 12.5 Å². The van der Waals surface area contributed by atoms with Gasteiger partial charge in [0.05, 0.1) is 23.8 Å². The number of para-hydroxylation sites is 1. The number of benzene rings is 1. The van der Waals surface area contributed by atoms with Crippen LogP contribution < -0.4 is 5.32 Å². The molecule has 1 heterocycles. The highest BCUT2D eigenvalue weighted by Gasteiger charge is 2.11. The van der Waals surface area contributed by atoms with E-state index in [1.54, 1.807) is 12.3 Å². The first-order valence-corrected chi connectivity index (χ1v) is 6.51. The standard InChI is InChI=1S/C15H18N2O3/c1-20-10-12(18)7-9-17-15(19)13-6-2-4-11-5-3-8-16-14(11)13/h2-6,8,12,18H,7,9-10H2,1H3,(H,17,19). The van der Waals surface area contributed by atoms with E-state index in [0.717, 1.165) is 5.39 Å². The Morgan fingerprint density at radius 1 is 1.40 bits per heavy atom. The molecule has 1 aromatic carbocycles. The lowest BCUT2D eigenvalue weighted by Crippen LogP contribution is -2.28. The minimum Gasteiger partial charge on any atom is -0.391 e. The number of ether oxygens (including phenoxy) is 1. The summed E-state index contributed by atoms with van der Waals surface area (Å²) in [5.74, 6) is -0.182. The summed E-state index contributed by atoms with van der Waals surface area (Å²) in [6.45, 7) is 0.665. The second-order valence-corrected chi connectivity index (χ2v) is 4.53. The molecule has 0 spiro atoms. The number of hydrogen-bond donors (Lipinski definition) is 2. The number of aromatic nitrogens is 1. The Balaban J connectivity index is 2.01. The average molecular weight is 274 g/mol. The number of rotatable bonds is 6. The maximum absolute atomic E-state index is 12.1. The molecule has 0 aliphatic rings. The highest BCUT2D eigenvalue weighted by molar-refractivity contribution is 6.05. The van der Waals surface area contributed by atoms with E-state index in [1.165, 1.54) is 7.11 Å². The van der Waals surface area contributed by atoms with Gasteiger partial charge in [-0.1, -0.05) is 18.2 Å². The van der Waals surface area contributed by atoms with E-state index in [4.69, 9.17) is 4.74 Å². The summed E-state index contributed by atoms with van der Waals surface area (Å²) in [6, 6.07) is 9.25. The predicted molar refractivity (Wildman–Crippen MR) is 76.6 cm³/mol. The molecule has 0 saturated carbocycles. The molecular formula is C15H18N2O3. The summed E-state index contributed by atoms with van der Waals surface area (Å²) in [4.78, 5) is 16.4. The maximum Gasteiger partial charge on any atom is 0.253 e. The molecule has 2 N–H and O–H groups in total. The van der Waals surface area contributed by atoms with Crippen molar-refractivity contribution in [1.82, 2.24) is 10.3 Å². The Bertz CT molecular complexity index is 581. The first-order chi connectivity index (χ1) is 9.72. The van der Waals surface area contributed by atoms with Gasteiger partial charge in [-0.3, -0.25) is 9.78 Å². The number of pyridine rings is 1. The largest absolute Gasteiger partial charge is 0.391 e. The third kappa shape index (κ3) is 3.53. The van der Waals surface area contributed by atoms with Gasteiger partial charge in [-0.2, -0.15) is 0 Å². The van der Waals surface area contributed by atoms with Crippen LogP contribution in [0, 0.1) is 0 Å². The zero-order valence-corrected chi connectivity index (χ0v) is 11.4. The number of aliphatic hydroxyl groups excluding tert-OH is 1. The van der Waals surface area contributed by atoms with Gasteiger partial charge in [0.2, 0.25) is 0 Å². The molecule has 0 aliphatic heterocycles. The lowest BCUT2D eigenvalue weighted by molar-refractivity contribution is 0.0588. The average Bonchev–Trinajstić information content (AvgIpc) is 2.47. The summed E-state index contributed by atoms with van der Waals surface area (Å²) in [5.41, 5.74) is 1.23. The summed E-state index contributed by atoms with van der Waals surface area (Å²) in [6.07, 6.45) is 1.56. The van der Waals surface area contributed by atoms with Crippen molar-refractivity contribution >= 4 is 16.8 Å². The monoisotopic (exact) mass is 274 g/mol. The van der Waals surface area contributed by atoms with Crippen LogP contribution in [0.15, 0.2) is 36.5 Å². The van der Waals surface area contributed by atoms with E-state index >= 15 is 0 Å². The van der Waals surface area contributed by atoms with Crippen LogP contribution in [-0.4, -0.2) is 42.4 Å². The maximum atomic E-state index is 12.1. The predicted octanol–water partition coefficient (Wildman–Crippen LogP) is 1.36. The third-order valence-electron chi connectivity index (χ3n) is 3.00. The minimum absolute atomic E-state index is 0.182. The number of carbonyl (C=O) groups excluding carboxylic acids is 1. The molecule has 1 atom stereocenters. The zero-order valence-electron chi connectivity index (χ0n) is 11.4. The summed E-state index contributed by atoms with van der Waals surface area (Å²) < 4.78 is 4.83. The fourth-order valence-corrected chi connectivity index (χ4v) is 2.01. The molecule has 0 bridgehead atoms. The van der Waals surface area contributed by atoms with Gasteiger partial charge in [0.1, 0.15) is 0 Å². The molecule has 0 fully saturated rings. The quantitative estimate of drug-likeness (QED) is 0.834. The van der Waals surface area contributed by atoms with Crippen molar-refractivity contribution in [3.8, 4) is 0 Å². The molecule has 0 saturated heterocycles. The Kier molecular flexibility index (Phi) is 5.03. The van der Waals surface area contributed by atoms with Gasteiger partial charge in [-0.25, -0.2) is 0 Å². The van der Waals surface area contributed by atoms with Gasteiger partial charge in [0.25, 0.3) is 5.91 Å². The number of amides is 1. The van der Waals surface area contributed by atoms with Crippen LogP contribution in [0.1, 0.15) is 16.8 Å². The lowest BCUT2D eigenvalue weighted by Gasteiger charge is -2.10. The molecule has 20 heavy (non-hydrogen) atoms. The molecule has 1 amide bonds. The molecule has 5 heteroatoms. The summed E-state index contributed by atoms with van der Waals surface area (Å²) >= 11 is 0. The Hall–Kier alpha value is -1.98. The number of nitrogens with one attached hydrogen (secondary N) is 1. The number of hydrogen-bond acceptors (Lipinski definition) is 4. The normalized spacial score (nSPS) is 12.3. The van der Waals surface area contributed by atoms with Crippen molar-refractivity contribution in [2.24, 2.45) is 0 Å². The number of nitrogens with zero attached hydrogens (tertiary/aromatic N) is 1. The van der Waals surface area contributed by atoms with Gasteiger partial charge in [0, 0.05) is 25.2 Å². The molecule has 0 radical (unpaired) electrons.